The smallest absolute Gasteiger partial charge is 0.323 e. The van der Waals surface area contributed by atoms with Crippen molar-refractivity contribution in [1.29, 1.82) is 0 Å². The monoisotopic (exact) mass is 297 g/mol. The zero-order chi connectivity index (χ0) is 15.2. The molecule has 1 aromatic rings. The number of amides is 1. The van der Waals surface area contributed by atoms with Gasteiger partial charge in [0.15, 0.2) is 0 Å². The molecule has 116 valence electrons. The molecule has 0 bridgehead atoms. The Morgan fingerprint density at radius 1 is 1.52 bits per heavy atom. The van der Waals surface area contributed by atoms with Crippen molar-refractivity contribution in [1.82, 2.24) is 15.0 Å². The molecule has 21 heavy (non-hydrogen) atoms. The van der Waals surface area contributed by atoms with Crippen LogP contribution in [0.1, 0.15) is 13.3 Å². The molecule has 2 rings (SSSR count). The average molecular weight is 297 g/mol. The summed E-state index contributed by atoms with van der Waals surface area (Å²) in [7, 11) is 0. The van der Waals surface area contributed by atoms with Crippen LogP contribution >= 0.6 is 0 Å². The second-order valence-electron chi connectivity index (χ2n) is 4.42. The van der Waals surface area contributed by atoms with Crippen LogP contribution in [-0.4, -0.2) is 53.3 Å². The molecule has 0 saturated carbocycles. The lowest BCUT2D eigenvalue weighted by molar-refractivity contribution is -0.121. The van der Waals surface area contributed by atoms with Gasteiger partial charge in [-0.1, -0.05) is 6.92 Å². The first-order valence-electron chi connectivity index (χ1n) is 6.65. The molecule has 0 radical (unpaired) electrons. The molecular formula is C11H19N7O3. The zero-order valence-electron chi connectivity index (χ0n) is 11.8. The third-order valence-electron chi connectivity index (χ3n) is 2.88. The van der Waals surface area contributed by atoms with Crippen molar-refractivity contribution in [3.8, 4) is 6.01 Å². The molecule has 0 spiro atoms. The van der Waals surface area contributed by atoms with Gasteiger partial charge < -0.3 is 20.1 Å². The average Bonchev–Trinajstić information content (AvgIpc) is 2.52. The lowest BCUT2D eigenvalue weighted by Gasteiger charge is -2.33. The highest BCUT2D eigenvalue weighted by Crippen LogP contribution is 2.19. The third kappa shape index (κ3) is 3.67. The Bertz CT molecular complexity index is 499. The molecule has 1 aliphatic heterocycles. The number of morpholine rings is 1. The lowest BCUT2D eigenvalue weighted by Crippen LogP contribution is -2.53. The van der Waals surface area contributed by atoms with E-state index in [4.69, 9.17) is 21.1 Å². The van der Waals surface area contributed by atoms with Gasteiger partial charge in [0.1, 0.15) is 6.04 Å². The van der Waals surface area contributed by atoms with E-state index in [9.17, 15) is 4.79 Å². The van der Waals surface area contributed by atoms with E-state index in [0.717, 1.165) is 6.42 Å². The molecular weight excluding hydrogens is 278 g/mol. The summed E-state index contributed by atoms with van der Waals surface area (Å²) in [5, 5.41) is 0. The number of hydrogen-bond donors (Lipinski definition) is 3. The Hall–Kier alpha value is -2.20. The van der Waals surface area contributed by atoms with Gasteiger partial charge in [0.05, 0.1) is 19.8 Å². The van der Waals surface area contributed by atoms with Gasteiger partial charge in [0, 0.05) is 6.54 Å². The summed E-state index contributed by atoms with van der Waals surface area (Å²) >= 11 is 0. The number of nitrogen functional groups attached to an aromatic ring is 1. The van der Waals surface area contributed by atoms with Gasteiger partial charge in [-0.15, -0.1) is 0 Å². The number of ether oxygens (including phenoxy) is 2. The van der Waals surface area contributed by atoms with E-state index in [2.05, 4.69) is 20.4 Å². The molecule has 10 heteroatoms. The van der Waals surface area contributed by atoms with Gasteiger partial charge >= 0.3 is 6.01 Å². The molecule has 1 atom stereocenters. The van der Waals surface area contributed by atoms with E-state index in [1.165, 1.54) is 0 Å². The van der Waals surface area contributed by atoms with Gasteiger partial charge in [-0.25, -0.2) is 5.84 Å². The van der Waals surface area contributed by atoms with E-state index in [-0.39, 0.29) is 24.5 Å². The predicted molar refractivity (Wildman–Crippen MR) is 74.6 cm³/mol. The first-order valence-corrected chi connectivity index (χ1v) is 6.65. The van der Waals surface area contributed by atoms with E-state index in [1.807, 2.05) is 6.92 Å². The number of aromatic nitrogens is 3. The molecule has 1 aliphatic rings. The molecule has 5 N–H and O–H groups in total. The van der Waals surface area contributed by atoms with Crippen molar-refractivity contribution >= 4 is 17.8 Å². The number of nitrogens with one attached hydrogen (secondary N) is 1. The van der Waals surface area contributed by atoms with Crippen LogP contribution in [0.3, 0.4) is 0 Å². The molecule has 0 aromatic carbocycles. The predicted octanol–water partition coefficient (Wildman–Crippen LogP) is -1.36. The summed E-state index contributed by atoms with van der Waals surface area (Å²) in [6.45, 7) is 3.52. The standard InChI is InChI=1S/C11H19N7O3/c1-2-4-21-11-15-9(17-13)14-10(16-11)18-3-5-20-6-7(18)8(12)19/h7H,2-6,13H2,1H3,(H2,12,19)(H,14,15,16,17). The van der Waals surface area contributed by atoms with Crippen molar-refractivity contribution in [2.24, 2.45) is 11.6 Å². The Labute approximate surface area is 121 Å². The van der Waals surface area contributed by atoms with Gasteiger partial charge in [-0.2, -0.15) is 15.0 Å². The highest BCUT2D eigenvalue weighted by molar-refractivity contribution is 5.83. The van der Waals surface area contributed by atoms with Crippen LogP contribution in [0, 0.1) is 0 Å². The van der Waals surface area contributed by atoms with Crippen molar-refractivity contribution < 1.29 is 14.3 Å². The normalized spacial score (nSPS) is 18.4. The maximum absolute atomic E-state index is 11.5. The summed E-state index contributed by atoms with van der Waals surface area (Å²) in [5.74, 6) is 5.27. The molecule has 0 aliphatic carbocycles. The van der Waals surface area contributed by atoms with E-state index in [1.54, 1.807) is 4.90 Å². The van der Waals surface area contributed by atoms with Crippen molar-refractivity contribution in [2.75, 3.05) is 36.7 Å². The molecule has 1 fully saturated rings. The van der Waals surface area contributed by atoms with Gasteiger partial charge in [0.2, 0.25) is 17.8 Å². The van der Waals surface area contributed by atoms with Crippen molar-refractivity contribution in [3.05, 3.63) is 0 Å². The fourth-order valence-electron chi connectivity index (χ4n) is 1.88. The zero-order valence-corrected chi connectivity index (χ0v) is 11.8. The molecule has 1 amide bonds. The molecule has 1 aromatic heterocycles. The minimum Gasteiger partial charge on any atom is -0.463 e. The maximum Gasteiger partial charge on any atom is 0.323 e. The largest absolute Gasteiger partial charge is 0.463 e. The van der Waals surface area contributed by atoms with Crippen LogP contribution in [0.2, 0.25) is 0 Å². The number of rotatable bonds is 6. The van der Waals surface area contributed by atoms with Crippen LogP contribution in [0.15, 0.2) is 0 Å². The number of hydrazine groups is 1. The van der Waals surface area contributed by atoms with E-state index < -0.39 is 11.9 Å². The fourth-order valence-corrected chi connectivity index (χ4v) is 1.88. The third-order valence-corrected chi connectivity index (χ3v) is 2.88. The Morgan fingerprint density at radius 2 is 2.33 bits per heavy atom. The Kier molecular flexibility index (Phi) is 5.06. The number of nitrogens with zero attached hydrogens (tertiary/aromatic N) is 4. The van der Waals surface area contributed by atoms with Crippen LogP contribution in [-0.2, 0) is 9.53 Å². The number of hydrogen-bond acceptors (Lipinski definition) is 9. The van der Waals surface area contributed by atoms with E-state index >= 15 is 0 Å². The second-order valence-corrected chi connectivity index (χ2v) is 4.42. The number of nitrogens with two attached hydrogens (primary N) is 2. The maximum atomic E-state index is 11.5. The second kappa shape index (κ2) is 6.99. The number of carbonyl (C=O) groups excluding carboxylic acids is 1. The van der Waals surface area contributed by atoms with Gasteiger partial charge in [0.25, 0.3) is 0 Å². The first kappa shape index (κ1) is 15.2. The highest BCUT2D eigenvalue weighted by atomic mass is 16.5. The van der Waals surface area contributed by atoms with Crippen LogP contribution < -0.4 is 26.6 Å². The fraction of sp³-hybridized carbons (Fsp3) is 0.636. The van der Waals surface area contributed by atoms with Crippen LogP contribution in [0.25, 0.3) is 0 Å². The summed E-state index contributed by atoms with van der Waals surface area (Å²) in [6, 6.07) is -0.490. The lowest BCUT2D eigenvalue weighted by atomic mass is 10.2. The van der Waals surface area contributed by atoms with Gasteiger partial charge in [-0.05, 0) is 6.42 Å². The molecule has 1 saturated heterocycles. The van der Waals surface area contributed by atoms with Crippen molar-refractivity contribution in [2.45, 2.75) is 19.4 Å². The van der Waals surface area contributed by atoms with Gasteiger partial charge in [-0.3, -0.25) is 10.2 Å². The minimum absolute atomic E-state index is 0.143. The van der Waals surface area contributed by atoms with E-state index in [0.29, 0.717) is 19.8 Å². The number of carbonyl (C=O) groups is 1. The summed E-state index contributed by atoms with van der Waals surface area (Å²) in [4.78, 5) is 25.5. The molecule has 2 heterocycles. The van der Waals surface area contributed by atoms with Crippen molar-refractivity contribution in [3.63, 3.8) is 0 Å². The Morgan fingerprint density at radius 3 is 3.00 bits per heavy atom. The minimum atomic E-state index is -0.634. The summed E-state index contributed by atoms with van der Waals surface area (Å²) < 4.78 is 10.7. The summed E-state index contributed by atoms with van der Waals surface area (Å²) in [5.41, 5.74) is 7.73. The number of primary amides is 1. The Balaban J connectivity index is 2.29. The first-order chi connectivity index (χ1) is 10.2. The summed E-state index contributed by atoms with van der Waals surface area (Å²) in [6.07, 6.45) is 0.813. The van der Waals surface area contributed by atoms with Crippen LogP contribution in [0.5, 0.6) is 6.01 Å². The molecule has 10 nitrogen and oxygen atoms in total. The topological polar surface area (TPSA) is 142 Å². The molecule has 1 unspecified atom stereocenters. The highest BCUT2D eigenvalue weighted by Gasteiger charge is 2.30. The quantitative estimate of drug-likeness (QED) is 0.428. The number of anilines is 2. The van der Waals surface area contributed by atoms with Crippen LogP contribution in [0.4, 0.5) is 11.9 Å². The SMILES string of the molecule is CCCOc1nc(NN)nc(N2CCOCC2C(N)=O)n1.